The van der Waals surface area contributed by atoms with Gasteiger partial charge in [0.1, 0.15) is 10.7 Å². The topological polar surface area (TPSA) is 110 Å². The summed E-state index contributed by atoms with van der Waals surface area (Å²) < 4.78 is 0. The molecular formula is C18H14ClN5O3S. The lowest BCUT2D eigenvalue weighted by Gasteiger charge is -2.02. The summed E-state index contributed by atoms with van der Waals surface area (Å²) in [5.74, 6) is -0.217. The average molecular weight is 416 g/mol. The van der Waals surface area contributed by atoms with E-state index in [0.29, 0.717) is 26.4 Å². The molecule has 0 radical (unpaired) electrons. The number of non-ortho nitro benzene ring substituents is 1. The van der Waals surface area contributed by atoms with Crippen molar-refractivity contribution in [1.82, 2.24) is 4.98 Å². The number of nitro groups is 1. The fraction of sp³-hybridized carbons (Fsp3) is 0.0556. The number of anilines is 2. The van der Waals surface area contributed by atoms with Gasteiger partial charge in [-0.05, 0) is 12.1 Å². The molecule has 0 atom stereocenters. The summed E-state index contributed by atoms with van der Waals surface area (Å²) in [6.07, 6.45) is 1.45. The molecule has 1 aromatic heterocycles. The number of nitrogens with one attached hydrogen (secondary N) is 2. The monoisotopic (exact) mass is 415 g/mol. The van der Waals surface area contributed by atoms with Gasteiger partial charge in [0, 0.05) is 35.2 Å². The maximum absolute atomic E-state index is 11.5. The lowest BCUT2D eigenvalue weighted by molar-refractivity contribution is -0.384. The van der Waals surface area contributed by atoms with Crippen LogP contribution in [0.3, 0.4) is 0 Å². The number of halogens is 1. The van der Waals surface area contributed by atoms with Gasteiger partial charge in [-0.3, -0.25) is 20.3 Å². The second-order valence-corrected chi connectivity index (χ2v) is 7.04. The highest BCUT2D eigenvalue weighted by Gasteiger charge is 2.14. The normalized spacial score (nSPS) is 10.8. The first-order chi connectivity index (χ1) is 13.4. The number of carbonyl (C=O) groups is 1. The van der Waals surface area contributed by atoms with Crippen LogP contribution in [-0.2, 0) is 4.79 Å². The van der Waals surface area contributed by atoms with Crippen LogP contribution in [0.2, 0.25) is 5.02 Å². The van der Waals surface area contributed by atoms with Gasteiger partial charge < -0.3 is 5.32 Å². The highest BCUT2D eigenvalue weighted by Crippen LogP contribution is 2.36. The molecule has 0 fully saturated rings. The minimum absolute atomic E-state index is 0.0174. The van der Waals surface area contributed by atoms with Crippen LogP contribution in [0.15, 0.2) is 53.6 Å². The molecule has 142 valence electrons. The maximum atomic E-state index is 11.5. The maximum Gasteiger partial charge on any atom is 0.270 e. The number of hydrogen-bond donors (Lipinski definition) is 2. The number of rotatable bonds is 6. The minimum atomic E-state index is -0.469. The van der Waals surface area contributed by atoms with Crippen LogP contribution in [0.1, 0.15) is 12.5 Å². The minimum Gasteiger partial charge on any atom is -0.316 e. The summed E-state index contributed by atoms with van der Waals surface area (Å²) >= 11 is 7.15. The molecular weight excluding hydrogens is 402 g/mol. The van der Waals surface area contributed by atoms with Crippen molar-refractivity contribution in [3.05, 3.63) is 69.2 Å². The van der Waals surface area contributed by atoms with E-state index >= 15 is 0 Å². The third kappa shape index (κ3) is 4.90. The van der Waals surface area contributed by atoms with Crippen molar-refractivity contribution in [3.63, 3.8) is 0 Å². The lowest BCUT2D eigenvalue weighted by atomic mass is 10.2. The van der Waals surface area contributed by atoms with E-state index in [-0.39, 0.29) is 11.6 Å². The lowest BCUT2D eigenvalue weighted by Crippen LogP contribution is -2.05. The van der Waals surface area contributed by atoms with Crippen LogP contribution < -0.4 is 10.7 Å². The Morgan fingerprint density at radius 2 is 2.04 bits per heavy atom. The largest absolute Gasteiger partial charge is 0.316 e. The van der Waals surface area contributed by atoms with Crippen LogP contribution in [0, 0.1) is 10.1 Å². The second kappa shape index (κ2) is 8.59. The predicted molar refractivity (Wildman–Crippen MR) is 111 cm³/mol. The van der Waals surface area contributed by atoms with Crippen molar-refractivity contribution in [3.8, 4) is 11.3 Å². The van der Waals surface area contributed by atoms with E-state index in [2.05, 4.69) is 20.8 Å². The van der Waals surface area contributed by atoms with Crippen molar-refractivity contribution >= 4 is 50.9 Å². The Morgan fingerprint density at radius 3 is 2.71 bits per heavy atom. The van der Waals surface area contributed by atoms with Crippen LogP contribution in [0.25, 0.3) is 11.3 Å². The molecule has 2 N–H and O–H groups in total. The third-order valence-corrected chi connectivity index (χ3v) is 4.62. The number of carbonyl (C=O) groups excluding carboxylic acids is 1. The SMILES string of the molecule is CC(=O)Nc1sc(N/N=C/c2cccc([N+](=O)[O-])c2)nc1-c1ccc(Cl)cc1. The Bertz CT molecular complexity index is 1050. The van der Waals surface area contributed by atoms with Gasteiger partial charge in [-0.2, -0.15) is 5.10 Å². The number of nitro benzene ring substituents is 1. The molecule has 0 aliphatic heterocycles. The highest BCUT2D eigenvalue weighted by molar-refractivity contribution is 7.20. The molecule has 0 saturated heterocycles. The molecule has 28 heavy (non-hydrogen) atoms. The Morgan fingerprint density at radius 1 is 1.29 bits per heavy atom. The number of hydrogen-bond acceptors (Lipinski definition) is 7. The number of aromatic nitrogens is 1. The summed E-state index contributed by atoms with van der Waals surface area (Å²) in [5.41, 5.74) is 4.72. The van der Waals surface area contributed by atoms with Crippen molar-refractivity contribution in [2.24, 2.45) is 5.10 Å². The van der Waals surface area contributed by atoms with Crippen LogP contribution in [0.4, 0.5) is 15.8 Å². The van der Waals surface area contributed by atoms with Crippen molar-refractivity contribution in [2.45, 2.75) is 6.92 Å². The number of nitrogens with zero attached hydrogens (tertiary/aromatic N) is 3. The molecule has 3 rings (SSSR count). The predicted octanol–water partition coefficient (Wildman–Crippen LogP) is 4.78. The fourth-order valence-electron chi connectivity index (χ4n) is 2.30. The molecule has 0 aliphatic carbocycles. The van der Waals surface area contributed by atoms with E-state index in [4.69, 9.17) is 11.6 Å². The quantitative estimate of drug-likeness (QED) is 0.342. The van der Waals surface area contributed by atoms with Crippen LogP contribution in [0.5, 0.6) is 0 Å². The van der Waals surface area contributed by atoms with E-state index in [9.17, 15) is 14.9 Å². The summed E-state index contributed by atoms with van der Waals surface area (Å²) in [5, 5.41) is 19.3. The molecule has 0 bridgehead atoms. The first-order valence-electron chi connectivity index (χ1n) is 8.00. The molecule has 3 aromatic rings. The average Bonchev–Trinajstić information content (AvgIpc) is 3.04. The molecule has 1 amide bonds. The van der Waals surface area contributed by atoms with Gasteiger partial charge in [-0.15, -0.1) is 0 Å². The second-order valence-electron chi connectivity index (χ2n) is 5.61. The summed E-state index contributed by atoms with van der Waals surface area (Å²) in [6.45, 7) is 1.42. The number of amides is 1. The third-order valence-electron chi connectivity index (χ3n) is 3.49. The Kier molecular flexibility index (Phi) is 5.97. The molecule has 0 aliphatic rings. The number of thiazole rings is 1. The first kappa shape index (κ1) is 19.5. The molecule has 0 saturated carbocycles. The van der Waals surface area contributed by atoms with Crippen LogP contribution >= 0.6 is 22.9 Å². The Balaban J connectivity index is 1.82. The van der Waals surface area contributed by atoms with E-state index in [1.54, 1.807) is 36.4 Å². The van der Waals surface area contributed by atoms with Crippen LogP contribution in [-0.4, -0.2) is 22.0 Å². The van der Waals surface area contributed by atoms with Gasteiger partial charge in [0.15, 0.2) is 0 Å². The standard InChI is InChI=1S/C18H14ClN5O3S/c1-11(25)21-17-16(13-5-7-14(19)8-6-13)22-18(28-17)23-20-10-12-3-2-4-15(9-12)24(26)27/h2-10H,1H3,(H,21,25)(H,22,23)/b20-10+. The smallest absolute Gasteiger partial charge is 0.270 e. The summed E-state index contributed by atoms with van der Waals surface area (Å²) in [6, 6.07) is 13.2. The van der Waals surface area contributed by atoms with Gasteiger partial charge in [-0.25, -0.2) is 4.98 Å². The van der Waals surface area contributed by atoms with Crippen molar-refractivity contribution < 1.29 is 9.72 Å². The van der Waals surface area contributed by atoms with E-state index in [1.807, 2.05) is 0 Å². The van der Waals surface area contributed by atoms with Crippen molar-refractivity contribution in [2.75, 3.05) is 10.7 Å². The molecule has 8 nitrogen and oxygen atoms in total. The zero-order valence-electron chi connectivity index (χ0n) is 14.5. The summed E-state index contributed by atoms with van der Waals surface area (Å²) in [7, 11) is 0. The van der Waals surface area contributed by atoms with Gasteiger partial charge in [0.2, 0.25) is 11.0 Å². The fourth-order valence-corrected chi connectivity index (χ4v) is 3.31. The number of hydrazone groups is 1. The first-order valence-corrected chi connectivity index (χ1v) is 9.19. The van der Waals surface area contributed by atoms with Gasteiger partial charge in [-0.1, -0.05) is 47.2 Å². The van der Waals surface area contributed by atoms with E-state index in [1.165, 1.54) is 36.6 Å². The number of benzene rings is 2. The van der Waals surface area contributed by atoms with E-state index in [0.717, 1.165) is 5.56 Å². The van der Waals surface area contributed by atoms with Crippen molar-refractivity contribution in [1.29, 1.82) is 0 Å². The zero-order valence-corrected chi connectivity index (χ0v) is 16.1. The highest BCUT2D eigenvalue weighted by atomic mass is 35.5. The Hall–Kier alpha value is -3.30. The molecule has 0 unspecified atom stereocenters. The molecule has 1 heterocycles. The zero-order chi connectivity index (χ0) is 20.1. The Labute approximate surface area is 169 Å². The van der Waals surface area contributed by atoms with E-state index < -0.39 is 4.92 Å². The molecule has 2 aromatic carbocycles. The summed E-state index contributed by atoms with van der Waals surface area (Å²) in [4.78, 5) is 26.3. The van der Waals surface area contributed by atoms with Gasteiger partial charge in [0.25, 0.3) is 5.69 Å². The van der Waals surface area contributed by atoms with Gasteiger partial charge in [0.05, 0.1) is 11.1 Å². The van der Waals surface area contributed by atoms with Gasteiger partial charge >= 0.3 is 0 Å². The molecule has 10 heteroatoms. The molecule has 0 spiro atoms.